The lowest BCUT2D eigenvalue weighted by Crippen LogP contribution is -2.56. The Morgan fingerprint density at radius 1 is 0.870 bits per heavy atom. The minimum atomic E-state index is -1.02. The lowest BCUT2D eigenvalue weighted by Gasteiger charge is -2.48. The maximum absolute atomic E-state index is 17.2. The highest BCUT2D eigenvalue weighted by molar-refractivity contribution is 6.02. The van der Waals surface area contributed by atoms with Gasteiger partial charge in [0.2, 0.25) is 11.8 Å². The molecule has 6 fully saturated rings. The molecule has 5 aromatic rings. The van der Waals surface area contributed by atoms with E-state index in [0.29, 0.717) is 85.0 Å². The summed E-state index contributed by atoms with van der Waals surface area (Å²) >= 11 is 0. The molecular weight excluding hydrogens is 893 g/mol. The number of imide groups is 1. The molecule has 17 heteroatoms. The van der Waals surface area contributed by atoms with Gasteiger partial charge >= 0.3 is 6.01 Å². The number of nitrogens with one attached hydrogen (secondary N) is 1. The van der Waals surface area contributed by atoms with Crippen molar-refractivity contribution in [3.8, 4) is 23.0 Å². The van der Waals surface area contributed by atoms with Gasteiger partial charge in [0.25, 0.3) is 0 Å². The van der Waals surface area contributed by atoms with Gasteiger partial charge in [-0.25, -0.2) is 17.6 Å². The van der Waals surface area contributed by atoms with E-state index in [-0.39, 0.29) is 58.0 Å². The molecule has 2 atom stereocenters. The normalized spacial score (nSPS) is 23.5. The molecular formula is C52H58F4N8O5. The molecule has 1 saturated carbocycles. The number of hydrogen-bond acceptors (Lipinski definition) is 12. The van der Waals surface area contributed by atoms with Gasteiger partial charge in [-0.3, -0.25) is 24.8 Å². The van der Waals surface area contributed by atoms with Crippen LogP contribution in [0.3, 0.4) is 0 Å². The fourth-order valence-electron chi connectivity index (χ4n) is 11.7. The van der Waals surface area contributed by atoms with E-state index in [0.717, 1.165) is 84.2 Å². The number of amides is 2. The predicted octanol–water partition coefficient (Wildman–Crippen LogP) is 7.64. The smallest absolute Gasteiger partial charge is 0.319 e. The number of phenolic OH excluding ortho intramolecular Hbond substituents is 1. The summed E-state index contributed by atoms with van der Waals surface area (Å²) in [6, 6.07) is 8.65. The summed E-state index contributed by atoms with van der Waals surface area (Å²) in [6.45, 7) is 10.9. The molecule has 0 bridgehead atoms. The zero-order valence-electron chi connectivity index (χ0n) is 39.0. The first-order valence-corrected chi connectivity index (χ1v) is 24.7. The number of likely N-dealkylation sites (tertiary alicyclic amines) is 1. The topological polar surface area (TPSA) is 136 Å². The fourth-order valence-corrected chi connectivity index (χ4v) is 11.7. The van der Waals surface area contributed by atoms with Crippen LogP contribution < -0.4 is 19.9 Å². The van der Waals surface area contributed by atoms with Crippen LogP contribution in [0.4, 0.5) is 29.1 Å². The molecule has 364 valence electrons. The van der Waals surface area contributed by atoms with Crippen LogP contribution in [0, 0.1) is 34.6 Å². The van der Waals surface area contributed by atoms with Crippen LogP contribution in [-0.2, 0) is 20.7 Å². The second-order valence-electron chi connectivity index (χ2n) is 20.4. The summed E-state index contributed by atoms with van der Waals surface area (Å²) in [5.41, 5.74) is 0.572. The summed E-state index contributed by atoms with van der Waals surface area (Å²) in [5, 5.41) is 14.5. The molecule has 5 saturated heterocycles. The van der Waals surface area contributed by atoms with Crippen molar-refractivity contribution in [3.63, 3.8) is 0 Å². The van der Waals surface area contributed by atoms with Crippen molar-refractivity contribution in [3.05, 3.63) is 77.0 Å². The average molecular weight is 951 g/mol. The molecule has 5 aliphatic heterocycles. The Kier molecular flexibility index (Phi) is 12.1. The summed E-state index contributed by atoms with van der Waals surface area (Å²) in [4.78, 5) is 47.3. The van der Waals surface area contributed by atoms with Gasteiger partial charge in [-0.15, -0.1) is 0 Å². The third-order valence-corrected chi connectivity index (χ3v) is 15.8. The third kappa shape index (κ3) is 8.94. The van der Waals surface area contributed by atoms with E-state index >= 15 is 17.6 Å². The molecule has 11 rings (SSSR count). The number of phenols is 1. The van der Waals surface area contributed by atoms with E-state index in [4.69, 9.17) is 19.4 Å². The van der Waals surface area contributed by atoms with E-state index in [9.17, 15) is 14.7 Å². The van der Waals surface area contributed by atoms with Crippen LogP contribution in [0.5, 0.6) is 11.8 Å². The van der Waals surface area contributed by atoms with Crippen LogP contribution in [0.15, 0.2) is 42.6 Å². The minimum absolute atomic E-state index is 0.0370. The lowest BCUT2D eigenvalue weighted by atomic mass is 9.86. The maximum Gasteiger partial charge on any atom is 0.319 e. The predicted molar refractivity (Wildman–Crippen MR) is 252 cm³/mol. The molecule has 69 heavy (non-hydrogen) atoms. The number of benzene rings is 3. The zero-order valence-corrected chi connectivity index (χ0v) is 39.0. The molecule has 3 aromatic carbocycles. The number of hydrogen-bond donors (Lipinski definition) is 2. The van der Waals surface area contributed by atoms with Crippen molar-refractivity contribution in [2.24, 2.45) is 11.3 Å². The van der Waals surface area contributed by atoms with Crippen molar-refractivity contribution in [2.75, 3.05) is 88.5 Å². The van der Waals surface area contributed by atoms with Crippen LogP contribution in [0.25, 0.3) is 32.9 Å². The number of aryl methyl sites for hydroxylation is 1. The Labute approximate surface area is 398 Å². The number of piperazine rings is 1. The Morgan fingerprint density at radius 2 is 1.64 bits per heavy atom. The van der Waals surface area contributed by atoms with Gasteiger partial charge in [-0.05, 0) is 117 Å². The maximum atomic E-state index is 17.2. The Morgan fingerprint density at radius 3 is 2.33 bits per heavy atom. The van der Waals surface area contributed by atoms with Gasteiger partial charge in [0.15, 0.2) is 5.82 Å². The molecule has 13 nitrogen and oxygen atoms in total. The highest BCUT2D eigenvalue weighted by Crippen LogP contribution is 2.48. The van der Waals surface area contributed by atoms with Crippen LogP contribution in [0.1, 0.15) is 81.8 Å². The SMILES string of the molecule is CCc1c(F)ccc2cc(O)cc(-c3ncc4c(N5CCC[C@]6(CCO6)C5)nc(OCC5(CN6CCC(CN7CCN(c8cc(F)c(C9CCC(=O)NC9=O)c(F)c8)CC7)CC6)CC5)nc4c3F)c12. The lowest BCUT2D eigenvalue weighted by molar-refractivity contribution is -0.151. The Bertz CT molecular complexity index is 2800. The van der Waals surface area contributed by atoms with Gasteiger partial charge in [0.1, 0.15) is 40.2 Å². The average Bonchev–Trinajstić information content (AvgIpc) is 4.10. The van der Waals surface area contributed by atoms with Gasteiger partial charge in [-0.1, -0.05) is 13.0 Å². The van der Waals surface area contributed by atoms with E-state index in [1.807, 2.05) is 11.8 Å². The minimum Gasteiger partial charge on any atom is -0.508 e. The number of aromatic hydroxyl groups is 1. The van der Waals surface area contributed by atoms with Crippen molar-refractivity contribution in [1.82, 2.24) is 30.1 Å². The summed E-state index contributed by atoms with van der Waals surface area (Å²) in [7, 11) is 0. The molecule has 2 N–H and O–H groups in total. The molecule has 1 aliphatic carbocycles. The number of carbonyl (C=O) groups is 2. The molecule has 1 unspecified atom stereocenters. The third-order valence-electron chi connectivity index (χ3n) is 15.8. The quantitative estimate of drug-likeness (QED) is 0.0940. The summed E-state index contributed by atoms with van der Waals surface area (Å²) in [5.74, 6) is -3.74. The van der Waals surface area contributed by atoms with Gasteiger partial charge in [0.05, 0.1) is 30.1 Å². The molecule has 2 aromatic heterocycles. The molecule has 7 heterocycles. The highest BCUT2D eigenvalue weighted by Gasteiger charge is 2.46. The van der Waals surface area contributed by atoms with Crippen molar-refractivity contribution < 1.29 is 41.7 Å². The van der Waals surface area contributed by atoms with E-state index in [2.05, 4.69) is 25.0 Å². The number of carbonyl (C=O) groups excluding carboxylic acids is 2. The molecule has 1 spiro atoms. The molecule has 6 aliphatic rings. The number of anilines is 2. The highest BCUT2D eigenvalue weighted by atomic mass is 19.1. The first-order valence-electron chi connectivity index (χ1n) is 24.7. The van der Waals surface area contributed by atoms with Crippen molar-refractivity contribution >= 4 is 45.0 Å². The molecule has 0 radical (unpaired) electrons. The summed E-state index contributed by atoms with van der Waals surface area (Å²) in [6.07, 6.45) is 8.99. The van der Waals surface area contributed by atoms with Gasteiger partial charge in [-0.2, -0.15) is 9.97 Å². The fraction of sp³-hybridized carbons (Fsp3) is 0.519. The van der Waals surface area contributed by atoms with E-state index < -0.39 is 41.0 Å². The first-order chi connectivity index (χ1) is 33.4. The largest absolute Gasteiger partial charge is 0.508 e. The van der Waals surface area contributed by atoms with Crippen molar-refractivity contribution in [1.29, 1.82) is 0 Å². The van der Waals surface area contributed by atoms with Gasteiger partial charge < -0.3 is 29.3 Å². The molecule has 2 amide bonds. The Hall–Kier alpha value is -5.65. The first kappa shape index (κ1) is 45.8. The van der Waals surface area contributed by atoms with E-state index in [1.54, 1.807) is 18.3 Å². The number of piperidine rings is 3. The number of fused-ring (bicyclic) bond motifs is 2. The standard InChI is InChI=1S/C52H58F4N8O5/c1-2-35-39(53)6-4-32-22-34(65)25-37(43(32)35)46-45(56)47-38(26-57-46)48(64-14-3-10-52(29-64)13-21-69-52)60-50(59-47)68-30-51(11-12-51)28-62-15-8-31(9-16-62)27-61-17-19-63(20-18-61)33-23-40(54)44(41(55)24-33)36-5-7-42(66)58-49(36)67/h4,6,22-26,31,36,65H,2-3,5,7-21,27-30H2,1H3,(H,58,66,67)/t36?,52-/m0/s1. The van der Waals surface area contributed by atoms with Crippen LogP contribution in [0.2, 0.25) is 0 Å². The zero-order chi connectivity index (χ0) is 47.6. The van der Waals surface area contributed by atoms with Crippen LogP contribution in [-0.4, -0.2) is 126 Å². The Balaban J connectivity index is 0.743. The number of ether oxygens (including phenoxy) is 2. The van der Waals surface area contributed by atoms with Crippen molar-refractivity contribution in [2.45, 2.75) is 82.7 Å². The summed E-state index contributed by atoms with van der Waals surface area (Å²) < 4.78 is 75.6. The van der Waals surface area contributed by atoms with E-state index in [1.165, 1.54) is 24.3 Å². The monoisotopic (exact) mass is 950 g/mol. The number of aromatic nitrogens is 3. The second-order valence-corrected chi connectivity index (χ2v) is 20.4. The number of pyridine rings is 1. The number of rotatable bonds is 12. The number of nitrogens with zero attached hydrogens (tertiary/aromatic N) is 7. The van der Waals surface area contributed by atoms with Gasteiger partial charge in [0, 0.05) is 93.6 Å². The van der Waals surface area contributed by atoms with Crippen LogP contribution >= 0.6 is 0 Å². The number of halogens is 4. The second kappa shape index (κ2) is 18.3.